The Kier molecular flexibility index (Phi) is 4.90. The number of carbonyl (C=O) groups is 2. The van der Waals surface area contributed by atoms with Crippen LogP contribution in [0.15, 0.2) is 59.2 Å². The summed E-state index contributed by atoms with van der Waals surface area (Å²) in [6, 6.07) is 14.2. The summed E-state index contributed by atoms with van der Waals surface area (Å²) in [6.45, 7) is 0.307. The van der Waals surface area contributed by atoms with Gasteiger partial charge in [0.15, 0.2) is 5.69 Å². The van der Waals surface area contributed by atoms with E-state index in [-0.39, 0.29) is 11.6 Å². The molecule has 0 aliphatic heterocycles. The van der Waals surface area contributed by atoms with Crippen LogP contribution in [0.2, 0.25) is 0 Å². The zero-order valence-corrected chi connectivity index (χ0v) is 14.6. The third kappa shape index (κ3) is 4.10. The molecule has 0 atom stereocenters. The first-order valence-corrected chi connectivity index (χ1v) is 8.17. The zero-order chi connectivity index (χ0) is 17.8. The van der Waals surface area contributed by atoms with Crippen LogP contribution >= 0.6 is 15.9 Å². The van der Waals surface area contributed by atoms with Crippen molar-refractivity contribution in [3.05, 3.63) is 76.0 Å². The van der Waals surface area contributed by atoms with Gasteiger partial charge in [0.25, 0.3) is 5.91 Å². The van der Waals surface area contributed by atoms with Gasteiger partial charge in [-0.3, -0.25) is 9.59 Å². The van der Waals surface area contributed by atoms with Crippen molar-refractivity contribution < 1.29 is 9.59 Å². The Hall–Kier alpha value is -3.00. The number of hydrogen-bond donors (Lipinski definition) is 2. The van der Waals surface area contributed by atoms with Crippen molar-refractivity contribution in [2.75, 3.05) is 0 Å². The summed E-state index contributed by atoms with van der Waals surface area (Å²) in [6.07, 6.45) is 1.56. The molecule has 0 unspecified atom stereocenters. The Bertz CT molecular complexity index is 921. The number of rotatable bonds is 5. The number of amides is 2. The molecular weight excluding hydrogens is 386 g/mol. The summed E-state index contributed by atoms with van der Waals surface area (Å²) >= 11 is 3.39. The number of hydrogen-bond acceptors (Lipinski definition) is 4. The zero-order valence-electron chi connectivity index (χ0n) is 13.0. The van der Waals surface area contributed by atoms with Crippen molar-refractivity contribution in [3.63, 3.8) is 0 Å². The van der Waals surface area contributed by atoms with Gasteiger partial charge in [-0.05, 0) is 35.9 Å². The molecule has 126 valence electrons. The number of aromatic nitrogens is 3. The molecule has 1 aromatic heterocycles. The second kappa shape index (κ2) is 7.27. The highest BCUT2D eigenvalue weighted by atomic mass is 79.9. The average molecular weight is 400 g/mol. The molecule has 2 aromatic carbocycles. The molecule has 0 spiro atoms. The molecule has 0 bridgehead atoms. The highest BCUT2D eigenvalue weighted by Gasteiger charge is 2.11. The number of nitrogens with two attached hydrogens (primary N) is 1. The molecule has 0 saturated carbocycles. The Labute approximate surface area is 152 Å². The fourth-order valence-electron chi connectivity index (χ4n) is 2.17. The molecular formula is C17H14BrN5O2. The number of halogens is 1. The smallest absolute Gasteiger partial charge is 0.273 e. The van der Waals surface area contributed by atoms with Gasteiger partial charge in [-0.1, -0.05) is 39.3 Å². The van der Waals surface area contributed by atoms with Crippen molar-refractivity contribution in [3.8, 4) is 5.69 Å². The summed E-state index contributed by atoms with van der Waals surface area (Å²) in [4.78, 5) is 23.2. The molecule has 0 saturated heterocycles. The highest BCUT2D eigenvalue weighted by Crippen LogP contribution is 2.14. The minimum atomic E-state index is -0.486. The predicted octanol–water partition coefficient (Wildman–Crippen LogP) is 2.06. The van der Waals surface area contributed by atoms with E-state index in [1.165, 1.54) is 4.68 Å². The van der Waals surface area contributed by atoms with E-state index in [1.807, 2.05) is 24.3 Å². The van der Waals surface area contributed by atoms with Crippen molar-refractivity contribution >= 4 is 27.7 Å². The first kappa shape index (κ1) is 16.8. The Morgan fingerprint density at radius 2 is 1.92 bits per heavy atom. The lowest BCUT2D eigenvalue weighted by atomic mass is 10.1. The molecule has 3 N–H and O–H groups in total. The van der Waals surface area contributed by atoms with E-state index in [4.69, 9.17) is 5.73 Å². The second-order valence-corrected chi connectivity index (χ2v) is 6.19. The molecule has 1 heterocycles. The van der Waals surface area contributed by atoms with E-state index in [0.717, 1.165) is 15.7 Å². The van der Waals surface area contributed by atoms with Crippen molar-refractivity contribution in [1.29, 1.82) is 0 Å². The molecule has 2 amide bonds. The summed E-state index contributed by atoms with van der Waals surface area (Å²) in [5.41, 5.74) is 7.47. The van der Waals surface area contributed by atoms with Crippen LogP contribution in [0.5, 0.6) is 0 Å². The molecule has 3 rings (SSSR count). The van der Waals surface area contributed by atoms with Gasteiger partial charge in [0.2, 0.25) is 5.91 Å². The number of carbonyl (C=O) groups excluding carboxylic acids is 2. The number of nitrogens with one attached hydrogen (secondary N) is 1. The van der Waals surface area contributed by atoms with Gasteiger partial charge in [0, 0.05) is 16.6 Å². The van der Waals surface area contributed by atoms with Crippen LogP contribution in [0.4, 0.5) is 0 Å². The van der Waals surface area contributed by atoms with E-state index in [2.05, 4.69) is 31.6 Å². The van der Waals surface area contributed by atoms with E-state index in [0.29, 0.717) is 12.1 Å². The Morgan fingerprint density at radius 3 is 2.60 bits per heavy atom. The number of benzene rings is 2. The summed E-state index contributed by atoms with van der Waals surface area (Å²) < 4.78 is 2.44. The predicted molar refractivity (Wildman–Crippen MR) is 95.2 cm³/mol. The monoisotopic (exact) mass is 399 g/mol. The lowest BCUT2D eigenvalue weighted by molar-refractivity contribution is 0.0944. The minimum absolute atomic E-state index is 0.216. The number of nitrogens with zero attached hydrogens (tertiary/aromatic N) is 3. The normalized spacial score (nSPS) is 10.4. The molecule has 7 nitrogen and oxygen atoms in total. The summed E-state index contributed by atoms with van der Waals surface area (Å²) in [5, 5.41) is 10.6. The van der Waals surface area contributed by atoms with Gasteiger partial charge >= 0.3 is 0 Å². The summed E-state index contributed by atoms with van der Waals surface area (Å²) in [7, 11) is 0. The molecule has 3 aromatic rings. The van der Waals surface area contributed by atoms with Gasteiger partial charge in [0.05, 0.1) is 11.9 Å². The van der Waals surface area contributed by atoms with Crippen molar-refractivity contribution in [1.82, 2.24) is 20.3 Å². The lowest BCUT2D eigenvalue weighted by Crippen LogP contribution is -2.23. The standard InChI is InChI=1S/C17H14BrN5O2/c18-13-2-1-3-14(8-13)23-10-15(21-22-23)17(25)20-9-11-4-6-12(7-5-11)16(19)24/h1-8,10H,9H2,(H2,19,24)(H,20,25). The molecule has 25 heavy (non-hydrogen) atoms. The van der Waals surface area contributed by atoms with Crippen molar-refractivity contribution in [2.45, 2.75) is 6.54 Å². The quantitative estimate of drug-likeness (QED) is 0.684. The van der Waals surface area contributed by atoms with Crippen LogP contribution in [-0.2, 0) is 6.54 Å². The van der Waals surface area contributed by atoms with Crippen LogP contribution in [-0.4, -0.2) is 26.8 Å². The average Bonchev–Trinajstić information content (AvgIpc) is 3.10. The van der Waals surface area contributed by atoms with E-state index < -0.39 is 5.91 Å². The van der Waals surface area contributed by atoms with Crippen molar-refractivity contribution in [2.24, 2.45) is 5.73 Å². The molecule has 0 aliphatic carbocycles. The first-order valence-electron chi connectivity index (χ1n) is 7.38. The van der Waals surface area contributed by atoms with Gasteiger partial charge in [0.1, 0.15) is 0 Å². The van der Waals surface area contributed by atoms with Crippen LogP contribution in [0.3, 0.4) is 0 Å². The number of primary amides is 1. The van der Waals surface area contributed by atoms with E-state index >= 15 is 0 Å². The topological polar surface area (TPSA) is 103 Å². The van der Waals surface area contributed by atoms with Gasteiger partial charge in [-0.2, -0.15) is 0 Å². The second-order valence-electron chi connectivity index (χ2n) is 5.27. The van der Waals surface area contributed by atoms with Crippen LogP contribution in [0.25, 0.3) is 5.69 Å². The maximum Gasteiger partial charge on any atom is 0.273 e. The fraction of sp³-hybridized carbons (Fsp3) is 0.0588. The minimum Gasteiger partial charge on any atom is -0.366 e. The maximum absolute atomic E-state index is 12.2. The first-order chi connectivity index (χ1) is 12.0. The Morgan fingerprint density at radius 1 is 1.16 bits per heavy atom. The van der Waals surface area contributed by atoms with Gasteiger partial charge in [-0.15, -0.1) is 5.10 Å². The van der Waals surface area contributed by atoms with Gasteiger partial charge in [-0.25, -0.2) is 4.68 Å². The maximum atomic E-state index is 12.2. The van der Waals surface area contributed by atoms with E-state index in [1.54, 1.807) is 30.5 Å². The van der Waals surface area contributed by atoms with Crippen LogP contribution < -0.4 is 11.1 Å². The van der Waals surface area contributed by atoms with Crippen LogP contribution in [0, 0.1) is 0 Å². The van der Waals surface area contributed by atoms with Crippen LogP contribution in [0.1, 0.15) is 26.4 Å². The third-order valence-corrected chi connectivity index (χ3v) is 3.98. The third-order valence-electron chi connectivity index (χ3n) is 3.49. The molecule has 0 fully saturated rings. The fourth-order valence-corrected chi connectivity index (χ4v) is 2.56. The largest absolute Gasteiger partial charge is 0.366 e. The Balaban J connectivity index is 1.65. The lowest BCUT2D eigenvalue weighted by Gasteiger charge is -2.04. The highest BCUT2D eigenvalue weighted by molar-refractivity contribution is 9.10. The SMILES string of the molecule is NC(=O)c1ccc(CNC(=O)c2cn(-c3cccc(Br)c3)nn2)cc1. The van der Waals surface area contributed by atoms with E-state index in [9.17, 15) is 9.59 Å². The molecule has 8 heteroatoms. The summed E-state index contributed by atoms with van der Waals surface area (Å²) in [5.74, 6) is -0.819. The molecule has 0 radical (unpaired) electrons. The molecule has 0 aliphatic rings. The van der Waals surface area contributed by atoms with Gasteiger partial charge < -0.3 is 11.1 Å².